The average Bonchev–Trinajstić information content (AvgIpc) is 3.26. The molecule has 0 radical (unpaired) electrons. The lowest BCUT2D eigenvalue weighted by atomic mass is 10.0. The highest BCUT2D eigenvalue weighted by atomic mass is 16.6. The molecule has 3 heterocycles. The van der Waals surface area contributed by atoms with Crippen LogP contribution in [-0.2, 0) is 23.9 Å². The molecular weight excluding hydrogens is 590 g/mol. The first-order chi connectivity index (χ1) is 21.6. The van der Waals surface area contributed by atoms with E-state index in [0.29, 0.717) is 13.2 Å². The molecule has 5 rings (SSSR count). The summed E-state index contributed by atoms with van der Waals surface area (Å²) in [6.07, 6.45) is 0.0401. The van der Waals surface area contributed by atoms with E-state index in [-0.39, 0.29) is 60.9 Å². The number of nitrogen functional groups attached to an aromatic ring is 1. The number of piperidine rings is 1. The van der Waals surface area contributed by atoms with E-state index in [1.807, 2.05) is 0 Å². The van der Waals surface area contributed by atoms with Crippen molar-refractivity contribution in [3.05, 3.63) is 57.6 Å². The zero-order valence-electron chi connectivity index (χ0n) is 24.4. The Morgan fingerprint density at radius 1 is 1.02 bits per heavy atom. The maximum absolute atomic E-state index is 13.1. The summed E-state index contributed by atoms with van der Waals surface area (Å²) in [5, 5.41) is 15.7. The molecule has 1 atom stereocenters. The van der Waals surface area contributed by atoms with Gasteiger partial charge in [-0.05, 0) is 30.7 Å². The minimum Gasteiger partial charge on any atom is -0.393 e. The molecule has 0 aromatic heterocycles. The Morgan fingerprint density at radius 3 is 2.49 bits per heavy atom. The fraction of sp³-hybridized carbons (Fsp3) is 0.414. The van der Waals surface area contributed by atoms with Gasteiger partial charge in [0.25, 0.3) is 17.5 Å². The van der Waals surface area contributed by atoms with E-state index in [1.165, 1.54) is 24.3 Å². The van der Waals surface area contributed by atoms with Crippen LogP contribution in [0.2, 0.25) is 0 Å². The number of rotatable bonds is 12. The van der Waals surface area contributed by atoms with Gasteiger partial charge in [-0.2, -0.15) is 0 Å². The SMILES string of the molecule is Nc1cc(N2CCN(CCOCCOCC(=O)Nc3cccc4c3C(=O)N(C3CCC(=O)NC3=O)C4=O)CC2)ccc1[N+](=O)[O-]. The number of carbonyl (C=O) groups excluding carboxylic acids is 5. The van der Waals surface area contributed by atoms with Crippen LogP contribution in [-0.4, -0.2) is 109 Å². The van der Waals surface area contributed by atoms with Gasteiger partial charge in [-0.15, -0.1) is 0 Å². The molecule has 2 aromatic carbocycles. The topological polar surface area (TPSA) is 207 Å². The molecule has 16 nitrogen and oxygen atoms in total. The monoisotopic (exact) mass is 623 g/mol. The predicted molar refractivity (Wildman–Crippen MR) is 160 cm³/mol. The lowest BCUT2D eigenvalue weighted by molar-refractivity contribution is -0.383. The molecule has 0 bridgehead atoms. The Labute approximate surface area is 257 Å². The van der Waals surface area contributed by atoms with E-state index in [4.69, 9.17) is 15.2 Å². The summed E-state index contributed by atoms with van der Waals surface area (Å²) in [6.45, 7) is 4.37. The highest BCUT2D eigenvalue weighted by Gasteiger charge is 2.45. The first-order valence-electron chi connectivity index (χ1n) is 14.4. The third-order valence-corrected chi connectivity index (χ3v) is 7.84. The number of nitrogens with two attached hydrogens (primary N) is 1. The van der Waals surface area contributed by atoms with Gasteiger partial charge in [0.15, 0.2) is 0 Å². The minimum atomic E-state index is -1.10. The van der Waals surface area contributed by atoms with Crippen molar-refractivity contribution in [1.82, 2.24) is 15.1 Å². The number of carbonyl (C=O) groups is 5. The van der Waals surface area contributed by atoms with Gasteiger partial charge in [-0.1, -0.05) is 6.07 Å². The number of anilines is 3. The van der Waals surface area contributed by atoms with Gasteiger partial charge in [0.05, 0.1) is 41.6 Å². The van der Waals surface area contributed by atoms with Crippen molar-refractivity contribution in [2.75, 3.05) is 75.1 Å². The molecule has 5 amide bonds. The Balaban J connectivity index is 0.992. The van der Waals surface area contributed by atoms with Crippen molar-refractivity contribution in [2.24, 2.45) is 0 Å². The number of piperazine rings is 1. The highest BCUT2D eigenvalue weighted by Crippen LogP contribution is 2.32. The summed E-state index contributed by atoms with van der Waals surface area (Å²) in [7, 11) is 0. The second kappa shape index (κ2) is 13.8. The first kappa shape index (κ1) is 31.5. The van der Waals surface area contributed by atoms with Gasteiger partial charge in [-0.25, -0.2) is 0 Å². The zero-order valence-corrected chi connectivity index (χ0v) is 24.4. The Kier molecular flexibility index (Phi) is 9.65. The molecular formula is C29H33N7O9. The number of nitro benzene ring substituents is 1. The van der Waals surface area contributed by atoms with Crippen molar-refractivity contribution in [3.63, 3.8) is 0 Å². The number of fused-ring (bicyclic) bond motifs is 1. The van der Waals surface area contributed by atoms with Crippen LogP contribution in [0.25, 0.3) is 0 Å². The van der Waals surface area contributed by atoms with Gasteiger partial charge in [0.2, 0.25) is 17.7 Å². The quantitative estimate of drug-likeness (QED) is 0.0964. The smallest absolute Gasteiger partial charge is 0.292 e. The molecule has 238 valence electrons. The molecule has 3 aliphatic heterocycles. The Morgan fingerprint density at radius 2 is 1.78 bits per heavy atom. The van der Waals surface area contributed by atoms with Crippen LogP contribution < -0.4 is 21.3 Å². The van der Waals surface area contributed by atoms with E-state index in [9.17, 15) is 34.1 Å². The maximum atomic E-state index is 13.1. The number of nitro groups is 1. The molecule has 16 heteroatoms. The number of nitrogens with one attached hydrogen (secondary N) is 2. The third-order valence-electron chi connectivity index (χ3n) is 7.84. The molecule has 4 N–H and O–H groups in total. The predicted octanol–water partition coefficient (Wildman–Crippen LogP) is 0.372. The fourth-order valence-corrected chi connectivity index (χ4v) is 5.52. The summed E-state index contributed by atoms with van der Waals surface area (Å²) in [4.78, 5) is 78.1. The molecule has 0 spiro atoms. The lowest BCUT2D eigenvalue weighted by Gasteiger charge is -2.36. The van der Waals surface area contributed by atoms with E-state index in [0.717, 1.165) is 36.8 Å². The van der Waals surface area contributed by atoms with Crippen LogP contribution in [0.4, 0.5) is 22.7 Å². The molecule has 1 unspecified atom stereocenters. The molecule has 0 saturated carbocycles. The molecule has 3 aliphatic rings. The maximum Gasteiger partial charge on any atom is 0.292 e. The molecule has 45 heavy (non-hydrogen) atoms. The Bertz CT molecular complexity index is 1520. The van der Waals surface area contributed by atoms with Crippen LogP contribution in [0.3, 0.4) is 0 Å². The van der Waals surface area contributed by atoms with Gasteiger partial charge >= 0.3 is 0 Å². The largest absolute Gasteiger partial charge is 0.393 e. The summed E-state index contributed by atoms with van der Waals surface area (Å²) in [6, 6.07) is 8.11. The van der Waals surface area contributed by atoms with E-state index in [1.54, 1.807) is 12.1 Å². The summed E-state index contributed by atoms with van der Waals surface area (Å²) < 4.78 is 11.0. The molecule has 2 saturated heterocycles. The van der Waals surface area contributed by atoms with Crippen LogP contribution in [0, 0.1) is 10.1 Å². The van der Waals surface area contributed by atoms with Gasteiger partial charge in [-0.3, -0.25) is 49.2 Å². The minimum absolute atomic E-state index is 0.00778. The first-order valence-corrected chi connectivity index (χ1v) is 14.4. The zero-order chi connectivity index (χ0) is 32.1. The second-order valence-electron chi connectivity index (χ2n) is 10.7. The lowest BCUT2D eigenvalue weighted by Crippen LogP contribution is -2.54. The third kappa shape index (κ3) is 7.08. The van der Waals surface area contributed by atoms with Crippen LogP contribution in [0.5, 0.6) is 0 Å². The summed E-state index contributed by atoms with van der Waals surface area (Å²) >= 11 is 0. The highest BCUT2D eigenvalue weighted by molar-refractivity contribution is 6.26. The standard InChI is InChI=1S/C29H33N7O9/c30-20-16-18(4-5-22(20)36(42)43)34-10-8-33(9-11-34)12-13-44-14-15-45-17-25(38)31-21-3-1-2-19-26(21)29(41)35(28(19)40)23-6-7-24(37)32-27(23)39/h1-5,16,23H,6-15,17,30H2,(H,31,38)(H,32,37,39). The number of benzene rings is 2. The second-order valence-corrected chi connectivity index (χ2v) is 10.7. The van der Waals surface area contributed by atoms with Crippen molar-refractivity contribution in [2.45, 2.75) is 18.9 Å². The molecule has 2 fully saturated rings. The van der Waals surface area contributed by atoms with Crippen molar-refractivity contribution in [3.8, 4) is 0 Å². The normalized spacial score (nSPS) is 18.6. The van der Waals surface area contributed by atoms with Crippen LogP contribution in [0.15, 0.2) is 36.4 Å². The fourth-order valence-electron chi connectivity index (χ4n) is 5.52. The van der Waals surface area contributed by atoms with Crippen molar-refractivity contribution < 1.29 is 38.4 Å². The van der Waals surface area contributed by atoms with Crippen molar-refractivity contribution in [1.29, 1.82) is 0 Å². The van der Waals surface area contributed by atoms with Crippen LogP contribution >= 0.6 is 0 Å². The summed E-state index contributed by atoms with van der Waals surface area (Å²) in [5.74, 6) is -3.08. The van der Waals surface area contributed by atoms with Gasteiger partial charge in [0.1, 0.15) is 18.3 Å². The molecule has 2 aromatic rings. The van der Waals surface area contributed by atoms with Crippen molar-refractivity contribution >= 4 is 52.3 Å². The number of nitrogens with zero attached hydrogens (tertiary/aromatic N) is 4. The number of hydrogen-bond acceptors (Lipinski definition) is 12. The summed E-state index contributed by atoms with van der Waals surface area (Å²) in [5.41, 5.74) is 6.88. The van der Waals surface area contributed by atoms with Gasteiger partial charge in [0, 0.05) is 50.9 Å². The van der Waals surface area contributed by atoms with E-state index < -0.39 is 40.5 Å². The van der Waals surface area contributed by atoms with Crippen LogP contribution in [0.1, 0.15) is 33.6 Å². The number of imide groups is 2. The van der Waals surface area contributed by atoms with E-state index in [2.05, 4.69) is 20.4 Å². The number of ether oxygens (including phenoxy) is 2. The number of hydrogen-bond donors (Lipinski definition) is 3. The average molecular weight is 624 g/mol. The van der Waals surface area contributed by atoms with E-state index >= 15 is 0 Å². The molecule has 0 aliphatic carbocycles. The number of amides is 5. The van der Waals surface area contributed by atoms with Gasteiger partial charge < -0.3 is 25.4 Å². The Hall–Kier alpha value is -4.93.